The first-order chi connectivity index (χ1) is 11.1. The second-order valence-electron chi connectivity index (χ2n) is 8.66. The van der Waals surface area contributed by atoms with E-state index in [4.69, 9.17) is 5.11 Å². The molecule has 4 nitrogen and oxygen atoms in total. The smallest absolute Gasteiger partial charge is 0.309 e. The Labute approximate surface area is 145 Å². The van der Waals surface area contributed by atoms with Gasteiger partial charge >= 0.3 is 11.9 Å². The monoisotopic (exact) mass is 336 g/mol. The molecule has 2 aliphatic carbocycles. The third-order valence-corrected chi connectivity index (χ3v) is 6.98. The molecule has 5 atom stereocenters. The first-order valence-electron chi connectivity index (χ1n) is 9.24. The first kappa shape index (κ1) is 19.0. The maximum absolute atomic E-state index is 12.0. The van der Waals surface area contributed by atoms with E-state index in [2.05, 4.69) is 13.5 Å². The van der Waals surface area contributed by atoms with Crippen molar-refractivity contribution in [3.8, 4) is 0 Å². The molecule has 0 spiro atoms. The van der Waals surface area contributed by atoms with Gasteiger partial charge in [0.2, 0.25) is 0 Å². The van der Waals surface area contributed by atoms with E-state index in [1.165, 1.54) is 5.57 Å². The lowest BCUT2D eigenvalue weighted by atomic mass is 9.46. The van der Waals surface area contributed by atoms with E-state index in [0.717, 1.165) is 44.9 Å². The zero-order valence-electron chi connectivity index (χ0n) is 15.3. The van der Waals surface area contributed by atoms with Crippen molar-refractivity contribution in [3.05, 3.63) is 12.2 Å². The van der Waals surface area contributed by atoms with Gasteiger partial charge in [-0.15, -0.1) is 0 Å². The topological polar surface area (TPSA) is 74.6 Å². The number of aliphatic carboxylic acids is 2. The molecule has 4 heteroatoms. The van der Waals surface area contributed by atoms with Crippen LogP contribution in [0.4, 0.5) is 0 Å². The van der Waals surface area contributed by atoms with Crippen molar-refractivity contribution in [3.63, 3.8) is 0 Å². The van der Waals surface area contributed by atoms with E-state index in [0.29, 0.717) is 5.92 Å². The van der Waals surface area contributed by atoms with Crippen LogP contribution in [0.3, 0.4) is 0 Å². The molecule has 0 radical (unpaired) electrons. The minimum Gasteiger partial charge on any atom is -0.481 e. The number of allylic oxidation sites excluding steroid dienone is 1. The van der Waals surface area contributed by atoms with E-state index < -0.39 is 17.4 Å². The fourth-order valence-electron chi connectivity index (χ4n) is 5.59. The molecule has 0 aromatic heterocycles. The fourth-order valence-corrected chi connectivity index (χ4v) is 5.59. The highest BCUT2D eigenvalue weighted by Crippen LogP contribution is 2.62. The van der Waals surface area contributed by atoms with Crippen LogP contribution in [0, 0.1) is 28.6 Å². The van der Waals surface area contributed by atoms with Gasteiger partial charge in [0.25, 0.3) is 0 Å². The van der Waals surface area contributed by atoms with Crippen molar-refractivity contribution >= 4 is 11.9 Å². The van der Waals surface area contributed by atoms with Crippen LogP contribution < -0.4 is 0 Å². The molecule has 2 rings (SSSR count). The summed E-state index contributed by atoms with van der Waals surface area (Å²) >= 11 is 0. The maximum Gasteiger partial charge on any atom is 0.309 e. The molecule has 2 saturated carbocycles. The second-order valence-corrected chi connectivity index (χ2v) is 8.66. The molecule has 0 amide bonds. The molecule has 2 aliphatic rings. The van der Waals surface area contributed by atoms with Crippen LogP contribution in [0.2, 0.25) is 0 Å². The van der Waals surface area contributed by atoms with Crippen molar-refractivity contribution in [2.45, 2.75) is 72.1 Å². The van der Waals surface area contributed by atoms with Crippen LogP contribution in [0.5, 0.6) is 0 Å². The Morgan fingerprint density at radius 3 is 2.54 bits per heavy atom. The van der Waals surface area contributed by atoms with Crippen LogP contribution in [0.25, 0.3) is 0 Å². The van der Waals surface area contributed by atoms with E-state index in [9.17, 15) is 14.7 Å². The minimum atomic E-state index is -0.745. The standard InChI is InChI=1S/C20H32O4/c1-13(12-17(21)22)6-8-15-14(2)7-9-16-19(15,3)10-5-11-20(16,4)18(23)24/h13,15-16H,2,5-12H2,1,3-4H3,(H,21,22)(H,23,24)/t13-,15+,16+,19+,20-/m0/s1. The summed E-state index contributed by atoms with van der Waals surface area (Å²) in [5.41, 5.74) is 0.577. The molecule has 0 bridgehead atoms. The SMILES string of the molecule is C=C1CC[C@@H]2[C@](C)(CCC[C@]2(C)C(=O)O)[C@@H]1CC[C@H](C)CC(=O)O. The van der Waals surface area contributed by atoms with E-state index >= 15 is 0 Å². The van der Waals surface area contributed by atoms with Gasteiger partial charge in [-0.2, -0.15) is 0 Å². The Bertz CT molecular complexity index is 526. The van der Waals surface area contributed by atoms with E-state index in [1.54, 1.807) is 0 Å². The quantitative estimate of drug-likeness (QED) is 0.687. The van der Waals surface area contributed by atoms with Gasteiger partial charge in [-0.25, -0.2) is 0 Å². The Kier molecular flexibility index (Phi) is 5.46. The van der Waals surface area contributed by atoms with Crippen molar-refractivity contribution in [2.24, 2.45) is 28.6 Å². The van der Waals surface area contributed by atoms with Crippen LogP contribution in [-0.2, 0) is 9.59 Å². The highest BCUT2D eigenvalue weighted by atomic mass is 16.4. The molecule has 2 fully saturated rings. The van der Waals surface area contributed by atoms with Crippen LogP contribution in [0.15, 0.2) is 12.2 Å². The summed E-state index contributed by atoms with van der Waals surface area (Å²) in [4.78, 5) is 22.9. The molecule has 136 valence electrons. The Hall–Kier alpha value is -1.32. The summed E-state index contributed by atoms with van der Waals surface area (Å²) in [7, 11) is 0. The van der Waals surface area contributed by atoms with Gasteiger partial charge in [0, 0.05) is 6.42 Å². The van der Waals surface area contributed by atoms with Crippen LogP contribution >= 0.6 is 0 Å². The van der Waals surface area contributed by atoms with E-state index in [1.807, 2.05) is 13.8 Å². The predicted octanol–water partition coefficient (Wildman–Crippen LogP) is 4.74. The molecule has 0 aliphatic heterocycles. The third kappa shape index (κ3) is 3.38. The second kappa shape index (κ2) is 6.89. The van der Waals surface area contributed by atoms with Gasteiger partial charge in [-0.05, 0) is 68.6 Å². The zero-order valence-corrected chi connectivity index (χ0v) is 15.3. The maximum atomic E-state index is 12.0. The highest BCUT2D eigenvalue weighted by Gasteiger charge is 2.57. The molecular formula is C20H32O4. The summed E-state index contributed by atoms with van der Waals surface area (Å²) in [6, 6.07) is 0. The molecule has 0 saturated heterocycles. The highest BCUT2D eigenvalue weighted by molar-refractivity contribution is 5.75. The zero-order chi connectivity index (χ0) is 18.1. The van der Waals surface area contributed by atoms with Gasteiger partial charge in [-0.3, -0.25) is 9.59 Å². The molecular weight excluding hydrogens is 304 g/mol. The lowest BCUT2D eigenvalue weighted by Gasteiger charge is -2.57. The number of rotatable bonds is 6. The van der Waals surface area contributed by atoms with Gasteiger partial charge in [0.1, 0.15) is 0 Å². The molecule has 0 aromatic rings. The molecule has 0 unspecified atom stereocenters. The average Bonchev–Trinajstić information content (AvgIpc) is 2.45. The Morgan fingerprint density at radius 2 is 1.96 bits per heavy atom. The number of carboxylic acid groups (broad SMARTS) is 2. The lowest BCUT2D eigenvalue weighted by molar-refractivity contribution is -0.164. The van der Waals surface area contributed by atoms with Gasteiger partial charge < -0.3 is 10.2 Å². The molecule has 24 heavy (non-hydrogen) atoms. The summed E-state index contributed by atoms with van der Waals surface area (Å²) in [5, 5.41) is 18.8. The molecule has 0 aromatic carbocycles. The number of hydrogen-bond donors (Lipinski definition) is 2. The van der Waals surface area contributed by atoms with Crippen molar-refractivity contribution in [2.75, 3.05) is 0 Å². The fraction of sp³-hybridized carbons (Fsp3) is 0.800. The van der Waals surface area contributed by atoms with Crippen molar-refractivity contribution in [1.82, 2.24) is 0 Å². The number of hydrogen-bond acceptors (Lipinski definition) is 2. The molecule has 2 N–H and O–H groups in total. The molecule has 0 heterocycles. The van der Waals surface area contributed by atoms with Crippen molar-refractivity contribution in [1.29, 1.82) is 0 Å². The van der Waals surface area contributed by atoms with Crippen LogP contribution in [-0.4, -0.2) is 22.2 Å². The number of carboxylic acids is 2. The number of fused-ring (bicyclic) bond motifs is 1. The van der Waals surface area contributed by atoms with Crippen molar-refractivity contribution < 1.29 is 19.8 Å². The van der Waals surface area contributed by atoms with Crippen LogP contribution in [0.1, 0.15) is 72.1 Å². The normalized spacial score (nSPS) is 37.5. The summed E-state index contributed by atoms with van der Waals surface area (Å²) in [6.45, 7) is 10.5. The summed E-state index contributed by atoms with van der Waals surface area (Å²) in [5.74, 6) is -0.768. The summed E-state index contributed by atoms with van der Waals surface area (Å²) in [6.07, 6.45) is 6.57. The Balaban J connectivity index is 2.19. The van der Waals surface area contributed by atoms with Gasteiger partial charge in [0.05, 0.1) is 5.41 Å². The summed E-state index contributed by atoms with van der Waals surface area (Å²) < 4.78 is 0. The van der Waals surface area contributed by atoms with Gasteiger partial charge in [0.15, 0.2) is 0 Å². The predicted molar refractivity (Wildman–Crippen MR) is 93.7 cm³/mol. The largest absolute Gasteiger partial charge is 0.481 e. The lowest BCUT2D eigenvalue weighted by Crippen LogP contribution is -2.53. The minimum absolute atomic E-state index is 0.0241. The first-order valence-corrected chi connectivity index (χ1v) is 9.24. The van der Waals surface area contributed by atoms with Gasteiger partial charge in [-0.1, -0.05) is 32.4 Å². The average molecular weight is 336 g/mol. The van der Waals surface area contributed by atoms with E-state index in [-0.39, 0.29) is 23.7 Å². The number of carbonyl (C=O) groups is 2. The Morgan fingerprint density at radius 1 is 1.29 bits per heavy atom. The third-order valence-electron chi connectivity index (χ3n) is 6.98.